The molecular formula is C10H10N2O3S2. The van der Waals surface area contributed by atoms with Crippen LogP contribution < -0.4 is 5.43 Å². The minimum Gasteiger partial charge on any atom is -0.462 e. The number of thioether (sulfide) groups is 1. The first-order valence-corrected chi connectivity index (χ1v) is 6.94. The highest BCUT2D eigenvalue weighted by Gasteiger charge is 2.16. The Kier molecular flexibility index (Phi) is 3.49. The van der Waals surface area contributed by atoms with Gasteiger partial charge in [-0.25, -0.2) is 9.78 Å². The number of H-pyrrole nitrogens is 1. The molecule has 2 heterocycles. The largest absolute Gasteiger partial charge is 0.462 e. The maximum absolute atomic E-state index is 12.0. The van der Waals surface area contributed by atoms with E-state index in [9.17, 15) is 9.59 Å². The molecule has 2 aromatic heterocycles. The van der Waals surface area contributed by atoms with Crippen molar-refractivity contribution in [2.24, 2.45) is 0 Å². The van der Waals surface area contributed by atoms with Gasteiger partial charge in [-0.2, -0.15) is 0 Å². The molecule has 5 nitrogen and oxygen atoms in total. The predicted molar refractivity (Wildman–Crippen MR) is 68.0 cm³/mol. The Morgan fingerprint density at radius 3 is 3.06 bits per heavy atom. The molecule has 0 radical (unpaired) electrons. The van der Waals surface area contributed by atoms with Crippen molar-refractivity contribution in [1.82, 2.24) is 9.97 Å². The van der Waals surface area contributed by atoms with Crippen LogP contribution >= 0.6 is 23.1 Å². The molecule has 2 aromatic rings. The van der Waals surface area contributed by atoms with Crippen LogP contribution in [0.1, 0.15) is 17.3 Å². The van der Waals surface area contributed by atoms with Gasteiger partial charge in [-0.15, -0.1) is 0 Å². The molecule has 0 aliphatic rings. The number of hydrogen-bond acceptors (Lipinski definition) is 6. The van der Waals surface area contributed by atoms with Crippen LogP contribution in [0.15, 0.2) is 15.3 Å². The number of esters is 1. The predicted octanol–water partition coefficient (Wildman–Crippen LogP) is 1.88. The minimum absolute atomic E-state index is 0.00250. The second-order valence-corrected chi connectivity index (χ2v) is 5.17. The van der Waals surface area contributed by atoms with Crippen LogP contribution in [-0.2, 0) is 4.74 Å². The summed E-state index contributed by atoms with van der Waals surface area (Å²) in [6.45, 7) is 1.93. The van der Waals surface area contributed by atoms with E-state index in [1.54, 1.807) is 6.92 Å². The summed E-state index contributed by atoms with van der Waals surface area (Å²) < 4.78 is 5.59. The van der Waals surface area contributed by atoms with E-state index in [0.29, 0.717) is 10.3 Å². The van der Waals surface area contributed by atoms with Crippen molar-refractivity contribution in [3.63, 3.8) is 0 Å². The third kappa shape index (κ3) is 2.20. The lowest BCUT2D eigenvalue weighted by Crippen LogP contribution is -2.18. The third-order valence-corrected chi connectivity index (χ3v) is 4.06. The molecule has 0 aliphatic carbocycles. The molecule has 0 fully saturated rings. The van der Waals surface area contributed by atoms with Crippen molar-refractivity contribution >= 4 is 39.4 Å². The molecule has 2 rings (SSSR count). The number of ether oxygens (including phenoxy) is 1. The van der Waals surface area contributed by atoms with E-state index < -0.39 is 5.97 Å². The molecule has 1 N–H and O–H groups in total. The molecule has 90 valence electrons. The Hall–Kier alpha value is -1.34. The van der Waals surface area contributed by atoms with Crippen LogP contribution in [0.3, 0.4) is 0 Å². The number of rotatable bonds is 3. The molecule has 0 saturated carbocycles. The average Bonchev–Trinajstić information content (AvgIpc) is 2.73. The van der Waals surface area contributed by atoms with Gasteiger partial charge in [-0.3, -0.25) is 4.79 Å². The molecule has 0 aliphatic heterocycles. The van der Waals surface area contributed by atoms with Gasteiger partial charge in [0.25, 0.3) is 0 Å². The van der Waals surface area contributed by atoms with Gasteiger partial charge >= 0.3 is 5.97 Å². The number of aromatic nitrogens is 2. The smallest absolute Gasteiger partial charge is 0.343 e. The summed E-state index contributed by atoms with van der Waals surface area (Å²) in [5, 5.41) is 0. The minimum atomic E-state index is -0.616. The number of nitrogens with one attached hydrogen (secondary N) is 1. The summed E-state index contributed by atoms with van der Waals surface area (Å²) in [4.78, 5) is 31.2. The average molecular weight is 270 g/mol. The first-order valence-electron chi connectivity index (χ1n) is 4.90. The molecule has 17 heavy (non-hydrogen) atoms. The number of pyridine rings is 1. The van der Waals surface area contributed by atoms with Crippen molar-refractivity contribution in [2.45, 2.75) is 11.3 Å². The Bertz CT molecular complexity index is 618. The lowest BCUT2D eigenvalue weighted by Gasteiger charge is -1.99. The molecular weight excluding hydrogens is 260 g/mol. The zero-order valence-corrected chi connectivity index (χ0v) is 10.9. The molecule has 0 aromatic carbocycles. The van der Waals surface area contributed by atoms with Crippen molar-refractivity contribution in [3.8, 4) is 0 Å². The van der Waals surface area contributed by atoms with E-state index >= 15 is 0 Å². The first kappa shape index (κ1) is 12.1. The molecule has 0 atom stereocenters. The number of fused-ring (bicyclic) bond motifs is 1. The fraction of sp³-hybridized carbons (Fsp3) is 0.300. The van der Waals surface area contributed by atoms with Crippen molar-refractivity contribution in [1.29, 1.82) is 0 Å². The van der Waals surface area contributed by atoms with Crippen molar-refractivity contribution in [2.75, 3.05) is 12.9 Å². The lowest BCUT2D eigenvalue weighted by molar-refractivity contribution is 0.0524. The van der Waals surface area contributed by atoms with Crippen LogP contribution in [0.5, 0.6) is 0 Å². The highest BCUT2D eigenvalue weighted by atomic mass is 32.2. The maximum atomic E-state index is 12.0. The van der Waals surface area contributed by atoms with Crippen LogP contribution in [0.4, 0.5) is 0 Å². The van der Waals surface area contributed by atoms with E-state index in [4.69, 9.17) is 4.74 Å². The van der Waals surface area contributed by atoms with Crippen LogP contribution in [0.25, 0.3) is 10.3 Å². The van der Waals surface area contributed by atoms with E-state index in [1.807, 2.05) is 6.26 Å². The highest BCUT2D eigenvalue weighted by Crippen LogP contribution is 2.24. The monoisotopic (exact) mass is 270 g/mol. The molecule has 7 heteroatoms. The number of hydrogen-bond donors (Lipinski definition) is 1. The van der Waals surface area contributed by atoms with E-state index in [0.717, 1.165) is 4.34 Å². The summed E-state index contributed by atoms with van der Waals surface area (Å²) in [5.41, 5.74) is -0.0871. The molecule has 0 saturated heterocycles. The quantitative estimate of drug-likeness (QED) is 0.681. The molecule has 0 amide bonds. The van der Waals surface area contributed by atoms with Crippen LogP contribution in [-0.4, -0.2) is 28.8 Å². The van der Waals surface area contributed by atoms with Gasteiger partial charge in [-0.05, 0) is 13.2 Å². The molecule has 0 bridgehead atoms. The standard InChI is InChI=1S/C10H10N2O3S2/c1-3-15-9(14)5-4-11-8-6(7(5)13)12-10(16-2)17-8/h4H,3H2,1-2H3,(H,11,13). The second-order valence-electron chi connectivity index (χ2n) is 3.11. The zero-order valence-electron chi connectivity index (χ0n) is 9.27. The fourth-order valence-corrected chi connectivity index (χ4v) is 2.76. The number of aromatic amines is 1. The Balaban J connectivity index is 2.57. The summed E-state index contributed by atoms with van der Waals surface area (Å²) >= 11 is 2.85. The van der Waals surface area contributed by atoms with E-state index in [1.165, 1.54) is 29.3 Å². The lowest BCUT2D eigenvalue weighted by atomic mass is 10.2. The van der Waals surface area contributed by atoms with E-state index in [2.05, 4.69) is 9.97 Å². The molecule has 0 spiro atoms. The Morgan fingerprint density at radius 1 is 1.65 bits per heavy atom. The topological polar surface area (TPSA) is 72.1 Å². The summed E-state index contributed by atoms with van der Waals surface area (Å²) in [6, 6.07) is 0. The SMILES string of the molecule is CCOC(=O)c1c[nH]c2sc(SC)nc2c1=O. The van der Waals surface area contributed by atoms with Gasteiger partial charge in [0.2, 0.25) is 5.43 Å². The summed E-state index contributed by atoms with van der Waals surface area (Å²) in [6.07, 6.45) is 3.26. The number of nitrogens with zero attached hydrogens (tertiary/aromatic N) is 1. The Labute approximate surface area is 105 Å². The summed E-state index contributed by atoms with van der Waals surface area (Å²) in [7, 11) is 0. The number of carbonyl (C=O) groups is 1. The highest BCUT2D eigenvalue weighted by molar-refractivity contribution is 8.00. The van der Waals surface area contributed by atoms with Gasteiger partial charge in [0.1, 0.15) is 15.9 Å². The maximum Gasteiger partial charge on any atom is 0.343 e. The normalized spacial score (nSPS) is 10.7. The van der Waals surface area contributed by atoms with E-state index in [-0.39, 0.29) is 17.6 Å². The number of thiazole rings is 1. The fourth-order valence-electron chi connectivity index (χ4n) is 1.33. The van der Waals surface area contributed by atoms with Gasteiger partial charge < -0.3 is 9.72 Å². The van der Waals surface area contributed by atoms with Gasteiger partial charge in [0.15, 0.2) is 4.34 Å². The van der Waals surface area contributed by atoms with Crippen LogP contribution in [0, 0.1) is 0 Å². The number of carbonyl (C=O) groups excluding carboxylic acids is 1. The third-order valence-electron chi connectivity index (χ3n) is 2.08. The van der Waals surface area contributed by atoms with Crippen molar-refractivity contribution < 1.29 is 9.53 Å². The van der Waals surface area contributed by atoms with Gasteiger partial charge in [0, 0.05) is 6.20 Å². The second kappa shape index (κ2) is 4.89. The Morgan fingerprint density at radius 2 is 2.41 bits per heavy atom. The van der Waals surface area contributed by atoms with Gasteiger partial charge in [-0.1, -0.05) is 23.1 Å². The van der Waals surface area contributed by atoms with Crippen molar-refractivity contribution in [3.05, 3.63) is 22.0 Å². The first-order chi connectivity index (χ1) is 8.17. The van der Waals surface area contributed by atoms with Gasteiger partial charge in [0.05, 0.1) is 6.61 Å². The molecule has 0 unspecified atom stereocenters. The van der Waals surface area contributed by atoms with Crippen LogP contribution in [0.2, 0.25) is 0 Å². The summed E-state index contributed by atoms with van der Waals surface area (Å²) in [5.74, 6) is -0.616. The zero-order chi connectivity index (χ0) is 12.4.